The topological polar surface area (TPSA) is 108 Å². The van der Waals surface area contributed by atoms with Gasteiger partial charge in [-0.15, -0.1) is 0 Å². The van der Waals surface area contributed by atoms with Gasteiger partial charge in [-0.1, -0.05) is 96.8 Å². The van der Waals surface area contributed by atoms with Crippen molar-refractivity contribution < 1.29 is 37.0 Å². The summed E-state index contributed by atoms with van der Waals surface area (Å²) in [4.78, 5) is 22.9. The molecule has 0 aromatic rings. The molecule has 0 heterocycles. The van der Waals surface area contributed by atoms with E-state index in [0.29, 0.717) is 0 Å². The van der Waals surface area contributed by atoms with Crippen molar-refractivity contribution in [2.45, 2.75) is 116 Å². The molecule has 2 N–H and O–H groups in total. The zero-order chi connectivity index (χ0) is 27.1. The van der Waals surface area contributed by atoms with E-state index in [1.54, 1.807) is 21.3 Å². The second-order valence-corrected chi connectivity index (χ2v) is 14.3. The van der Waals surface area contributed by atoms with E-state index >= 15 is 0 Å². The van der Waals surface area contributed by atoms with E-state index < -0.39 is 16.6 Å². The maximum Gasteiger partial charge on any atom is 0.505 e. The van der Waals surface area contributed by atoms with Gasteiger partial charge in [0.15, 0.2) is 0 Å². The van der Waals surface area contributed by atoms with Gasteiger partial charge in [-0.2, -0.15) is 0 Å². The van der Waals surface area contributed by atoms with Crippen molar-refractivity contribution in [2.75, 3.05) is 48.5 Å². The predicted molar refractivity (Wildman–Crippen MR) is 145 cm³/mol. The lowest BCUT2D eigenvalue weighted by Crippen LogP contribution is -2.49. The molecule has 0 bridgehead atoms. The van der Waals surface area contributed by atoms with Crippen molar-refractivity contribution >= 4 is 16.6 Å². The minimum Gasteiger partial charge on any atom is -0.756 e. The Bertz CT molecular complexity index is 486. The number of phosphoric acid groups is 1. The molecule has 0 atom stereocenters. The number of hydrogen-bond acceptors (Lipinski definition) is 5. The molecule has 0 radical (unpaired) electrons. The molecule has 0 aliphatic carbocycles. The van der Waals surface area contributed by atoms with Crippen molar-refractivity contribution in [2.24, 2.45) is 0 Å². The van der Waals surface area contributed by atoms with Crippen LogP contribution in [0.4, 0.5) is 0 Å². The van der Waals surface area contributed by atoms with Gasteiger partial charge >= 0.3 is 8.80 Å². The van der Waals surface area contributed by atoms with E-state index in [0.717, 1.165) is 17.1 Å². The lowest BCUT2D eigenvalue weighted by Gasteiger charge is -2.33. The van der Waals surface area contributed by atoms with Gasteiger partial charge in [-0.25, -0.2) is 0 Å². The zero-order valence-corrected chi connectivity index (χ0v) is 25.7. The Balaban J connectivity index is 0. The van der Waals surface area contributed by atoms with Gasteiger partial charge in [0.2, 0.25) is 0 Å². The fourth-order valence-corrected chi connectivity index (χ4v) is 6.19. The summed E-state index contributed by atoms with van der Waals surface area (Å²) in [5.41, 5.74) is 0. The van der Waals surface area contributed by atoms with Crippen LogP contribution in [0, 0.1) is 0 Å². The first-order valence-electron chi connectivity index (χ1n) is 13.7. The Labute approximate surface area is 217 Å². The Morgan fingerprint density at radius 2 is 0.943 bits per heavy atom. The van der Waals surface area contributed by atoms with E-state index in [1.807, 2.05) is 0 Å². The highest BCUT2D eigenvalue weighted by atomic mass is 31.2. The van der Waals surface area contributed by atoms with Crippen LogP contribution >= 0.6 is 7.82 Å². The minimum atomic E-state index is -4.89. The van der Waals surface area contributed by atoms with Gasteiger partial charge in [0.25, 0.3) is 7.82 Å². The Hall–Kier alpha value is 0.167. The quantitative estimate of drug-likeness (QED) is 0.0743. The SMILES string of the molecule is CCCCCCCCCCCCCCCCCC[N+](C)(C)CC[Si](OC)(OC)OC.O=P([O-])(O)O. The van der Waals surface area contributed by atoms with Crippen LogP contribution in [-0.4, -0.2) is 71.6 Å². The van der Waals surface area contributed by atoms with Crippen molar-refractivity contribution in [3.8, 4) is 0 Å². The molecule has 0 rings (SSSR count). The predicted octanol–water partition coefficient (Wildman–Crippen LogP) is 5.64. The monoisotopic (exact) mass is 543 g/mol. The van der Waals surface area contributed by atoms with Crippen molar-refractivity contribution in [3.05, 3.63) is 0 Å². The van der Waals surface area contributed by atoms with Crippen LogP contribution < -0.4 is 4.89 Å². The summed E-state index contributed by atoms with van der Waals surface area (Å²) in [7, 11) is 2.41. The van der Waals surface area contributed by atoms with Gasteiger partial charge in [0, 0.05) is 21.3 Å². The summed E-state index contributed by atoms with van der Waals surface area (Å²) < 4.78 is 26.4. The fraction of sp³-hybridized carbons (Fsp3) is 1.00. The summed E-state index contributed by atoms with van der Waals surface area (Å²) >= 11 is 0. The lowest BCUT2D eigenvalue weighted by molar-refractivity contribution is -0.888. The summed E-state index contributed by atoms with van der Waals surface area (Å²) in [6.45, 7) is 4.56. The van der Waals surface area contributed by atoms with Crippen molar-refractivity contribution in [3.63, 3.8) is 0 Å². The molecule has 35 heavy (non-hydrogen) atoms. The maximum absolute atomic E-state index is 8.77. The molecule has 214 valence electrons. The summed E-state index contributed by atoms with van der Waals surface area (Å²) in [6, 6.07) is 0.877. The first-order chi connectivity index (χ1) is 16.4. The van der Waals surface area contributed by atoms with Crippen LogP contribution in [0.25, 0.3) is 0 Å². The second-order valence-electron chi connectivity index (χ2n) is 10.2. The fourth-order valence-electron chi connectivity index (χ4n) is 4.20. The zero-order valence-electron chi connectivity index (χ0n) is 23.8. The highest BCUT2D eigenvalue weighted by Gasteiger charge is 2.39. The molecule has 0 fully saturated rings. The van der Waals surface area contributed by atoms with Crippen LogP contribution in [0.2, 0.25) is 6.04 Å². The molecule has 8 nitrogen and oxygen atoms in total. The lowest BCUT2D eigenvalue weighted by atomic mass is 10.0. The average Bonchev–Trinajstić information content (AvgIpc) is 2.79. The largest absolute Gasteiger partial charge is 0.756 e. The highest BCUT2D eigenvalue weighted by molar-refractivity contribution is 7.43. The molecular weight excluding hydrogens is 485 g/mol. The van der Waals surface area contributed by atoms with Gasteiger partial charge in [-0.05, 0) is 12.8 Å². The number of nitrogens with zero attached hydrogens (tertiary/aromatic N) is 1. The minimum absolute atomic E-state index is 0.877. The van der Waals surface area contributed by atoms with E-state index in [-0.39, 0.29) is 0 Å². The molecule has 0 amide bonds. The molecule has 0 aliphatic heterocycles. The average molecular weight is 544 g/mol. The van der Waals surface area contributed by atoms with Crippen LogP contribution in [0.3, 0.4) is 0 Å². The van der Waals surface area contributed by atoms with Crippen LogP contribution in [-0.2, 0) is 17.8 Å². The molecule has 0 unspecified atom stereocenters. The summed E-state index contributed by atoms with van der Waals surface area (Å²) in [5, 5.41) is 0. The van der Waals surface area contributed by atoms with Gasteiger partial charge in [-0.3, -0.25) is 4.57 Å². The first-order valence-corrected chi connectivity index (χ1v) is 17.2. The Kier molecular flexibility index (Phi) is 24.8. The second kappa shape index (κ2) is 23.3. The maximum atomic E-state index is 8.77. The third-order valence-corrected chi connectivity index (χ3v) is 9.28. The highest BCUT2D eigenvalue weighted by Crippen LogP contribution is 2.19. The van der Waals surface area contributed by atoms with Gasteiger partial charge in [0.1, 0.15) is 0 Å². The molecule has 0 saturated heterocycles. The Morgan fingerprint density at radius 3 is 1.23 bits per heavy atom. The van der Waals surface area contributed by atoms with Gasteiger partial charge < -0.3 is 32.4 Å². The molecule has 0 aromatic heterocycles. The molecule has 0 saturated carbocycles. The van der Waals surface area contributed by atoms with E-state index in [1.165, 1.54) is 109 Å². The number of rotatable bonds is 23. The summed E-state index contributed by atoms with van der Waals surface area (Å²) in [5.74, 6) is 0. The first kappa shape index (κ1) is 37.3. The Morgan fingerprint density at radius 1 is 0.657 bits per heavy atom. The molecule has 0 aromatic carbocycles. The smallest absolute Gasteiger partial charge is 0.505 e. The summed E-state index contributed by atoms with van der Waals surface area (Å²) in [6.07, 6.45) is 22.8. The molecule has 10 heteroatoms. The van der Waals surface area contributed by atoms with Crippen molar-refractivity contribution in [1.82, 2.24) is 0 Å². The third-order valence-electron chi connectivity index (χ3n) is 6.57. The van der Waals surface area contributed by atoms with E-state index in [4.69, 9.17) is 32.5 Å². The standard InChI is InChI=1S/C25H56NO3Si.H3O4P/c1-7-8-9-10-11-12-13-14-15-16-17-18-19-20-21-22-23-26(2,3)24-25-30(27-4,28-5)29-6;1-5(2,3)4/h7-25H2,1-6H3;(H3,1,2,3,4)/q+1;/p-1. The van der Waals surface area contributed by atoms with E-state index in [2.05, 4.69) is 21.0 Å². The van der Waals surface area contributed by atoms with Gasteiger partial charge in [0.05, 0.1) is 33.2 Å². The van der Waals surface area contributed by atoms with Crippen molar-refractivity contribution in [1.29, 1.82) is 0 Å². The molecule has 0 spiro atoms. The number of unbranched alkanes of at least 4 members (excludes halogenated alkanes) is 15. The van der Waals surface area contributed by atoms with Crippen LogP contribution in [0.5, 0.6) is 0 Å². The number of quaternary nitrogens is 1. The third kappa shape index (κ3) is 28.6. The van der Waals surface area contributed by atoms with Crippen LogP contribution in [0.1, 0.15) is 110 Å². The number of hydrogen-bond donors (Lipinski definition) is 2. The van der Waals surface area contributed by atoms with E-state index in [9.17, 15) is 0 Å². The molecular formula is C25H58NO7PSi. The molecule has 0 aliphatic rings. The normalized spacial score (nSPS) is 12.5. The van der Waals surface area contributed by atoms with Crippen LogP contribution in [0.15, 0.2) is 0 Å².